The van der Waals surface area contributed by atoms with Crippen LogP contribution in [-0.2, 0) is 0 Å². The van der Waals surface area contributed by atoms with Gasteiger partial charge in [-0.15, -0.1) is 17.5 Å². The maximum absolute atomic E-state index is 12.4. The third-order valence-electron chi connectivity index (χ3n) is 3.84. The summed E-state index contributed by atoms with van der Waals surface area (Å²) in [6, 6.07) is 7.90. The molecular weight excluding hydrogens is 394 g/mol. The lowest BCUT2D eigenvalue weighted by molar-refractivity contribution is 0.0946. The summed E-state index contributed by atoms with van der Waals surface area (Å²) < 4.78 is 2.79. The van der Waals surface area contributed by atoms with E-state index in [2.05, 4.69) is 31.6 Å². The minimum absolute atomic E-state index is 0. The van der Waals surface area contributed by atoms with E-state index in [1.54, 1.807) is 4.68 Å². The van der Waals surface area contributed by atoms with Crippen molar-refractivity contribution in [2.45, 2.75) is 38.1 Å². The van der Waals surface area contributed by atoms with Gasteiger partial charge in [-0.05, 0) is 50.5 Å². The highest BCUT2D eigenvalue weighted by Gasteiger charge is 2.34. The quantitative estimate of drug-likeness (QED) is 0.761. The molecule has 2 aromatic rings. The van der Waals surface area contributed by atoms with Crippen LogP contribution in [0.3, 0.4) is 0 Å². The number of carbonyl (C=O) groups excluding carboxylic acids is 1. The molecule has 1 heterocycles. The first-order valence-corrected chi connectivity index (χ1v) is 8.61. The van der Waals surface area contributed by atoms with E-state index in [-0.39, 0.29) is 24.4 Å². The molecule has 1 saturated carbocycles. The van der Waals surface area contributed by atoms with Crippen LogP contribution in [0.2, 0.25) is 0 Å². The second kappa shape index (κ2) is 8.09. The van der Waals surface area contributed by atoms with Gasteiger partial charge in [-0.1, -0.05) is 21.1 Å². The summed E-state index contributed by atoms with van der Waals surface area (Å²) in [7, 11) is 0. The third-order valence-corrected chi connectivity index (χ3v) is 4.37. The second-order valence-electron chi connectivity index (χ2n) is 6.01. The molecule has 1 fully saturated rings. The number of aromatic nitrogens is 3. The number of benzene rings is 1. The van der Waals surface area contributed by atoms with Crippen LogP contribution in [0.1, 0.15) is 48.3 Å². The van der Waals surface area contributed by atoms with Crippen molar-refractivity contribution in [2.75, 3.05) is 6.54 Å². The highest BCUT2D eigenvalue weighted by atomic mass is 79.9. The second-order valence-corrected chi connectivity index (χ2v) is 6.92. The van der Waals surface area contributed by atoms with Crippen LogP contribution >= 0.6 is 28.3 Å². The lowest BCUT2D eigenvalue weighted by atomic mass is 10.2. The summed E-state index contributed by atoms with van der Waals surface area (Å²) in [5, 5.41) is 11.2. The number of rotatable bonds is 6. The van der Waals surface area contributed by atoms with E-state index in [0.29, 0.717) is 18.2 Å². The van der Waals surface area contributed by atoms with Crippen molar-refractivity contribution in [1.82, 2.24) is 20.3 Å². The molecule has 0 spiro atoms. The summed E-state index contributed by atoms with van der Waals surface area (Å²) in [5.41, 5.74) is 7.96. The Morgan fingerprint density at radius 2 is 2.08 bits per heavy atom. The van der Waals surface area contributed by atoms with Crippen molar-refractivity contribution in [3.8, 4) is 5.69 Å². The molecule has 0 saturated heterocycles. The Morgan fingerprint density at radius 3 is 2.67 bits per heavy atom. The number of amides is 1. The zero-order chi connectivity index (χ0) is 16.4. The van der Waals surface area contributed by atoms with Gasteiger partial charge < -0.3 is 11.1 Å². The van der Waals surface area contributed by atoms with Gasteiger partial charge in [0.05, 0.1) is 11.4 Å². The molecule has 6 nitrogen and oxygen atoms in total. The van der Waals surface area contributed by atoms with Crippen LogP contribution in [0.25, 0.3) is 5.69 Å². The Morgan fingerprint density at radius 1 is 1.42 bits per heavy atom. The van der Waals surface area contributed by atoms with Gasteiger partial charge >= 0.3 is 0 Å². The van der Waals surface area contributed by atoms with Crippen molar-refractivity contribution in [3.63, 3.8) is 0 Å². The number of hydrogen-bond donors (Lipinski definition) is 2. The lowest BCUT2D eigenvalue weighted by Crippen LogP contribution is -2.29. The monoisotopic (exact) mass is 413 g/mol. The number of carbonyl (C=O) groups is 1. The highest BCUT2D eigenvalue weighted by molar-refractivity contribution is 9.10. The van der Waals surface area contributed by atoms with Gasteiger partial charge in [0.25, 0.3) is 5.91 Å². The van der Waals surface area contributed by atoms with Gasteiger partial charge in [-0.3, -0.25) is 4.79 Å². The first kappa shape index (κ1) is 18.9. The average Bonchev–Trinajstić information content (AvgIpc) is 3.26. The molecule has 1 aromatic heterocycles. The van der Waals surface area contributed by atoms with Crippen LogP contribution in [0.5, 0.6) is 0 Å². The summed E-state index contributed by atoms with van der Waals surface area (Å²) in [5.74, 6) is 0.193. The molecule has 0 radical (unpaired) electrons. The molecular formula is C16H21BrClN5O. The van der Waals surface area contributed by atoms with Crippen molar-refractivity contribution >= 4 is 34.2 Å². The maximum atomic E-state index is 12.4. The molecule has 1 aliphatic rings. The Balaban J connectivity index is 0.00000208. The molecule has 1 atom stereocenters. The highest BCUT2D eigenvalue weighted by Crippen LogP contribution is 2.42. The van der Waals surface area contributed by atoms with Gasteiger partial charge in [-0.25, -0.2) is 4.68 Å². The number of nitrogens with zero attached hydrogens (tertiary/aromatic N) is 3. The maximum Gasteiger partial charge on any atom is 0.273 e. The first-order valence-electron chi connectivity index (χ1n) is 7.81. The van der Waals surface area contributed by atoms with E-state index in [4.69, 9.17) is 5.73 Å². The van der Waals surface area contributed by atoms with E-state index in [9.17, 15) is 4.79 Å². The fraction of sp³-hybridized carbons (Fsp3) is 0.438. The standard InChI is InChI=1S/C16H20BrN5O.ClH/c1-10(18)8-9-19-16(23)14-15(11-2-3-11)22(21-20-14)13-6-4-12(17)5-7-13;/h4-7,10-11H,2-3,8-9,18H2,1H3,(H,19,23);1H. The van der Waals surface area contributed by atoms with Gasteiger partial charge in [-0.2, -0.15) is 0 Å². The molecule has 0 bridgehead atoms. The predicted molar refractivity (Wildman–Crippen MR) is 98.9 cm³/mol. The molecule has 24 heavy (non-hydrogen) atoms. The Kier molecular flexibility index (Phi) is 6.37. The SMILES string of the molecule is CC(N)CCNC(=O)c1nnn(-c2ccc(Br)cc2)c1C1CC1.Cl. The van der Waals surface area contributed by atoms with Crippen molar-refractivity contribution in [3.05, 3.63) is 40.1 Å². The Hall–Kier alpha value is -1.44. The minimum Gasteiger partial charge on any atom is -0.351 e. The van der Waals surface area contributed by atoms with Gasteiger partial charge in [0.1, 0.15) is 0 Å². The first-order chi connectivity index (χ1) is 11.1. The molecule has 1 amide bonds. The van der Waals surface area contributed by atoms with Crippen molar-refractivity contribution in [2.24, 2.45) is 5.73 Å². The minimum atomic E-state index is -0.170. The van der Waals surface area contributed by atoms with Crippen LogP contribution < -0.4 is 11.1 Å². The molecule has 8 heteroatoms. The normalized spacial score (nSPS) is 14.8. The van der Waals surface area contributed by atoms with Crippen LogP contribution in [-0.4, -0.2) is 33.5 Å². The fourth-order valence-electron chi connectivity index (χ4n) is 2.44. The molecule has 3 rings (SSSR count). The predicted octanol–water partition coefficient (Wildman–Crippen LogP) is 2.80. The zero-order valence-electron chi connectivity index (χ0n) is 13.4. The molecule has 3 N–H and O–H groups in total. The molecule has 1 aliphatic carbocycles. The smallest absolute Gasteiger partial charge is 0.273 e. The Labute approximate surface area is 155 Å². The Bertz CT molecular complexity index is 697. The number of nitrogens with one attached hydrogen (secondary N) is 1. The third kappa shape index (κ3) is 4.34. The number of nitrogens with two attached hydrogens (primary N) is 1. The summed E-state index contributed by atoms with van der Waals surface area (Å²) >= 11 is 3.43. The summed E-state index contributed by atoms with van der Waals surface area (Å²) in [6.07, 6.45) is 2.89. The van der Waals surface area contributed by atoms with Crippen LogP contribution in [0.15, 0.2) is 28.7 Å². The van der Waals surface area contributed by atoms with Gasteiger partial charge in [0.15, 0.2) is 5.69 Å². The van der Waals surface area contributed by atoms with E-state index < -0.39 is 0 Å². The fourth-order valence-corrected chi connectivity index (χ4v) is 2.71. The van der Waals surface area contributed by atoms with E-state index in [1.165, 1.54) is 0 Å². The molecule has 1 unspecified atom stereocenters. The molecule has 130 valence electrons. The largest absolute Gasteiger partial charge is 0.351 e. The van der Waals surface area contributed by atoms with Gasteiger partial charge in [0, 0.05) is 23.0 Å². The summed E-state index contributed by atoms with van der Waals surface area (Å²) in [4.78, 5) is 12.4. The van der Waals surface area contributed by atoms with Crippen molar-refractivity contribution in [1.29, 1.82) is 0 Å². The lowest BCUT2D eigenvalue weighted by Gasteiger charge is -2.08. The van der Waals surface area contributed by atoms with E-state index >= 15 is 0 Å². The number of hydrogen-bond acceptors (Lipinski definition) is 4. The topological polar surface area (TPSA) is 85.8 Å². The average molecular weight is 415 g/mol. The summed E-state index contributed by atoms with van der Waals surface area (Å²) in [6.45, 7) is 2.47. The van der Waals surface area contributed by atoms with E-state index in [1.807, 2.05) is 31.2 Å². The van der Waals surface area contributed by atoms with Crippen LogP contribution in [0.4, 0.5) is 0 Å². The van der Waals surface area contributed by atoms with Crippen LogP contribution in [0, 0.1) is 0 Å². The number of halogens is 2. The van der Waals surface area contributed by atoms with Crippen molar-refractivity contribution < 1.29 is 4.79 Å². The van der Waals surface area contributed by atoms with Gasteiger partial charge in [0.2, 0.25) is 0 Å². The van der Waals surface area contributed by atoms with E-state index in [0.717, 1.165) is 35.1 Å². The molecule has 1 aromatic carbocycles. The zero-order valence-corrected chi connectivity index (χ0v) is 15.8. The molecule has 0 aliphatic heterocycles.